The SMILES string of the molecule is CC(C)C1CCC2(C)C1=CCC1(C)C2CC(O)C2(C)C3OC(C)(CCC12)C3O. The van der Waals surface area contributed by atoms with Crippen molar-refractivity contribution in [1.29, 1.82) is 0 Å². The minimum absolute atomic E-state index is 0.176. The molecule has 2 saturated heterocycles. The average Bonchev–Trinajstić information content (AvgIpc) is 2.87. The third kappa shape index (κ3) is 2.07. The van der Waals surface area contributed by atoms with Gasteiger partial charge in [-0.25, -0.2) is 0 Å². The predicted octanol–water partition coefficient (Wildman–Crippen LogP) is 4.71. The van der Waals surface area contributed by atoms with Crippen molar-refractivity contribution >= 4 is 0 Å². The molecule has 10 atom stereocenters. The number of rotatable bonds is 1. The maximum Gasteiger partial charge on any atom is 0.109 e. The van der Waals surface area contributed by atoms with Crippen molar-refractivity contribution in [3.8, 4) is 0 Å². The monoisotopic (exact) mass is 388 g/mol. The Morgan fingerprint density at radius 3 is 2.39 bits per heavy atom. The first-order chi connectivity index (χ1) is 13.0. The Kier molecular flexibility index (Phi) is 3.95. The van der Waals surface area contributed by atoms with E-state index in [1.165, 1.54) is 12.8 Å². The fourth-order valence-corrected chi connectivity index (χ4v) is 8.97. The minimum Gasteiger partial charge on any atom is -0.392 e. The van der Waals surface area contributed by atoms with Crippen LogP contribution in [0.1, 0.15) is 80.1 Å². The molecule has 6 rings (SSSR count). The van der Waals surface area contributed by atoms with Gasteiger partial charge in [0.05, 0.1) is 17.8 Å². The molecule has 0 spiro atoms. The second-order valence-corrected chi connectivity index (χ2v) is 12.2. The van der Waals surface area contributed by atoms with Crippen molar-refractivity contribution in [3.05, 3.63) is 11.6 Å². The summed E-state index contributed by atoms with van der Waals surface area (Å²) in [7, 11) is 0. The van der Waals surface area contributed by atoms with Crippen LogP contribution in [-0.2, 0) is 4.74 Å². The number of aliphatic hydroxyl groups is 2. The molecule has 3 nitrogen and oxygen atoms in total. The van der Waals surface area contributed by atoms with Crippen LogP contribution in [0.3, 0.4) is 0 Å². The van der Waals surface area contributed by atoms with Crippen LogP contribution in [0.2, 0.25) is 0 Å². The summed E-state index contributed by atoms with van der Waals surface area (Å²) in [5.74, 6) is 2.33. The van der Waals surface area contributed by atoms with Gasteiger partial charge in [0.15, 0.2) is 0 Å². The molecule has 2 N–H and O–H groups in total. The van der Waals surface area contributed by atoms with Gasteiger partial charge in [0, 0.05) is 5.41 Å². The summed E-state index contributed by atoms with van der Waals surface area (Å²) in [5.41, 5.74) is 1.34. The summed E-state index contributed by atoms with van der Waals surface area (Å²) in [4.78, 5) is 0. The Balaban J connectivity index is 1.59. The molecule has 0 radical (unpaired) electrons. The Labute approximate surface area is 170 Å². The first-order valence-electron chi connectivity index (χ1n) is 11.7. The van der Waals surface area contributed by atoms with Crippen molar-refractivity contribution in [3.63, 3.8) is 0 Å². The largest absolute Gasteiger partial charge is 0.392 e. The molecule has 2 bridgehead atoms. The van der Waals surface area contributed by atoms with E-state index in [-0.39, 0.29) is 22.3 Å². The molecule has 0 aromatic rings. The van der Waals surface area contributed by atoms with E-state index in [2.05, 4.69) is 47.6 Å². The molecule has 4 aliphatic carbocycles. The molecule has 6 aliphatic rings. The summed E-state index contributed by atoms with van der Waals surface area (Å²) < 4.78 is 6.30. The van der Waals surface area contributed by atoms with Gasteiger partial charge in [0.25, 0.3) is 0 Å². The van der Waals surface area contributed by atoms with Crippen molar-refractivity contribution in [1.82, 2.24) is 0 Å². The first-order valence-corrected chi connectivity index (χ1v) is 11.7. The quantitative estimate of drug-likeness (QED) is 0.640. The van der Waals surface area contributed by atoms with E-state index in [1.807, 2.05) is 0 Å². The van der Waals surface area contributed by atoms with Crippen molar-refractivity contribution in [2.75, 3.05) is 0 Å². The first kappa shape index (κ1) is 19.6. The van der Waals surface area contributed by atoms with Gasteiger partial charge < -0.3 is 14.9 Å². The Hall–Kier alpha value is -0.380. The normalized spacial score (nSPS) is 60.2. The second-order valence-electron chi connectivity index (χ2n) is 12.2. The van der Waals surface area contributed by atoms with Crippen LogP contribution in [0.4, 0.5) is 0 Å². The number of hydrogen-bond donors (Lipinski definition) is 2. The summed E-state index contributed by atoms with van der Waals surface area (Å²) in [6.45, 7) is 14.0. The zero-order valence-corrected chi connectivity index (χ0v) is 18.7. The van der Waals surface area contributed by atoms with Gasteiger partial charge in [-0.2, -0.15) is 0 Å². The van der Waals surface area contributed by atoms with Crippen LogP contribution >= 0.6 is 0 Å². The van der Waals surface area contributed by atoms with Crippen LogP contribution < -0.4 is 0 Å². The Morgan fingerprint density at radius 1 is 1.04 bits per heavy atom. The third-order valence-corrected chi connectivity index (χ3v) is 10.7. The van der Waals surface area contributed by atoms with Gasteiger partial charge in [0.2, 0.25) is 0 Å². The smallest absolute Gasteiger partial charge is 0.109 e. The third-order valence-electron chi connectivity index (χ3n) is 10.7. The van der Waals surface area contributed by atoms with Crippen molar-refractivity contribution < 1.29 is 14.9 Å². The van der Waals surface area contributed by atoms with E-state index in [0.717, 1.165) is 25.7 Å². The van der Waals surface area contributed by atoms with E-state index >= 15 is 0 Å². The highest BCUT2D eigenvalue weighted by molar-refractivity contribution is 5.32. The fourth-order valence-electron chi connectivity index (χ4n) is 8.97. The van der Waals surface area contributed by atoms with E-state index in [9.17, 15) is 10.2 Å². The summed E-state index contributed by atoms with van der Waals surface area (Å²) in [6, 6.07) is 0. The van der Waals surface area contributed by atoms with Gasteiger partial charge in [-0.3, -0.25) is 0 Å². The number of fused-ring (bicyclic) bond motifs is 4. The minimum atomic E-state index is -0.445. The summed E-state index contributed by atoms with van der Waals surface area (Å²) in [6.07, 6.45) is 8.05. The van der Waals surface area contributed by atoms with E-state index in [4.69, 9.17) is 4.74 Å². The van der Waals surface area contributed by atoms with Crippen LogP contribution in [0.15, 0.2) is 11.6 Å². The maximum absolute atomic E-state index is 11.5. The molecule has 0 amide bonds. The van der Waals surface area contributed by atoms with E-state index in [0.29, 0.717) is 23.7 Å². The van der Waals surface area contributed by atoms with E-state index in [1.54, 1.807) is 5.57 Å². The molecule has 5 fully saturated rings. The van der Waals surface area contributed by atoms with Gasteiger partial charge in [-0.05, 0) is 80.0 Å². The Morgan fingerprint density at radius 2 is 1.75 bits per heavy atom. The van der Waals surface area contributed by atoms with Crippen molar-refractivity contribution in [2.24, 2.45) is 39.9 Å². The zero-order valence-electron chi connectivity index (χ0n) is 18.7. The zero-order chi connectivity index (χ0) is 20.3. The summed E-state index contributed by atoms with van der Waals surface area (Å²) >= 11 is 0. The molecular weight excluding hydrogens is 348 g/mol. The molecule has 158 valence electrons. The second kappa shape index (κ2) is 5.65. The van der Waals surface area contributed by atoms with Gasteiger partial charge >= 0.3 is 0 Å². The predicted molar refractivity (Wildman–Crippen MR) is 111 cm³/mol. The number of allylic oxidation sites excluding steroid dienone is 2. The molecule has 3 saturated carbocycles. The molecular formula is C25H40O3. The molecule has 10 unspecified atom stereocenters. The number of aliphatic hydroxyl groups excluding tert-OH is 2. The molecule has 3 heteroatoms. The van der Waals surface area contributed by atoms with Crippen LogP contribution in [-0.4, -0.2) is 34.1 Å². The molecule has 2 aliphatic heterocycles. The van der Waals surface area contributed by atoms with Crippen LogP contribution in [0.5, 0.6) is 0 Å². The number of ether oxygens (including phenoxy) is 1. The average molecular weight is 389 g/mol. The van der Waals surface area contributed by atoms with Gasteiger partial charge in [-0.15, -0.1) is 0 Å². The van der Waals surface area contributed by atoms with E-state index < -0.39 is 17.8 Å². The lowest BCUT2D eigenvalue weighted by Crippen LogP contribution is -2.71. The fraction of sp³-hybridized carbons (Fsp3) is 0.920. The topological polar surface area (TPSA) is 49.7 Å². The van der Waals surface area contributed by atoms with Crippen LogP contribution in [0, 0.1) is 39.9 Å². The molecule has 0 aromatic heterocycles. The highest BCUT2D eigenvalue weighted by Gasteiger charge is 2.72. The van der Waals surface area contributed by atoms with Crippen LogP contribution in [0.25, 0.3) is 0 Å². The lowest BCUT2D eigenvalue weighted by molar-refractivity contribution is -0.331. The molecule has 0 aromatic carbocycles. The summed E-state index contributed by atoms with van der Waals surface area (Å²) in [5, 5.41) is 22.5. The molecule has 2 heterocycles. The lowest BCUT2D eigenvalue weighted by atomic mass is 9.41. The highest BCUT2D eigenvalue weighted by atomic mass is 16.6. The molecule has 28 heavy (non-hydrogen) atoms. The Bertz CT molecular complexity index is 715. The lowest BCUT2D eigenvalue weighted by Gasteiger charge is -2.66. The number of hydrogen-bond acceptors (Lipinski definition) is 3. The van der Waals surface area contributed by atoms with Crippen molar-refractivity contribution in [2.45, 2.75) is 104 Å². The maximum atomic E-state index is 11.5. The van der Waals surface area contributed by atoms with Gasteiger partial charge in [0.1, 0.15) is 6.10 Å². The highest BCUT2D eigenvalue weighted by Crippen LogP contribution is 2.72. The van der Waals surface area contributed by atoms with Gasteiger partial charge in [-0.1, -0.05) is 46.3 Å². The standard InChI is InChI=1S/C25H40O3/c1-14(2)15-7-10-22(3)16(15)8-11-23(4)17-9-12-24(5)20(27)21(28-24)25(17,6)19(26)13-18(22)23/h8,14-15,17-21,26-27H,7,9-13H2,1-6H3.